The molecule has 3 atom stereocenters. The molecule has 2 aliphatic heterocycles. The molecule has 3 nitrogen and oxygen atoms in total. The van der Waals surface area contributed by atoms with E-state index < -0.39 is 0 Å². The number of nitrogens with two attached hydrogens (primary N) is 1. The van der Waals surface area contributed by atoms with Crippen molar-refractivity contribution in [3.05, 3.63) is 29.8 Å². The van der Waals surface area contributed by atoms with E-state index in [2.05, 4.69) is 17.0 Å². The van der Waals surface area contributed by atoms with E-state index in [0.717, 1.165) is 18.8 Å². The Kier molecular flexibility index (Phi) is 1.39. The predicted molar refractivity (Wildman–Crippen MR) is 50.0 cm³/mol. The van der Waals surface area contributed by atoms with Gasteiger partial charge in [-0.3, -0.25) is 4.90 Å². The van der Waals surface area contributed by atoms with Gasteiger partial charge in [0, 0.05) is 12.2 Å². The van der Waals surface area contributed by atoms with E-state index in [1.165, 1.54) is 5.56 Å². The second-order valence-electron chi connectivity index (χ2n) is 3.61. The van der Waals surface area contributed by atoms with Crippen molar-refractivity contribution in [3.8, 4) is 0 Å². The first-order valence-electron chi connectivity index (χ1n) is 4.59. The molecule has 1 aromatic carbocycles. The summed E-state index contributed by atoms with van der Waals surface area (Å²) in [6.07, 6.45) is 0.351. The number of nitrogens with zero attached hydrogens (tertiary/aromatic N) is 1. The van der Waals surface area contributed by atoms with Gasteiger partial charge >= 0.3 is 0 Å². The van der Waals surface area contributed by atoms with Crippen molar-refractivity contribution in [2.45, 2.75) is 12.3 Å². The quantitative estimate of drug-likeness (QED) is 0.512. The molecule has 0 radical (unpaired) electrons. The average Bonchev–Trinajstić information content (AvgIpc) is 2.63. The SMILES string of the molecule is Nc1ccc(C2C3OCCN32)cc1. The highest BCUT2D eigenvalue weighted by atomic mass is 16.5. The zero-order valence-corrected chi connectivity index (χ0v) is 7.31. The predicted octanol–water partition coefficient (Wildman–Crippen LogP) is 0.982. The normalized spacial score (nSPS) is 35.8. The largest absolute Gasteiger partial charge is 0.399 e. The van der Waals surface area contributed by atoms with E-state index in [-0.39, 0.29) is 0 Å². The van der Waals surface area contributed by atoms with Crippen LogP contribution in [-0.2, 0) is 4.74 Å². The van der Waals surface area contributed by atoms with E-state index in [1.807, 2.05) is 12.1 Å². The highest BCUT2D eigenvalue weighted by molar-refractivity contribution is 5.41. The number of hydrogen-bond donors (Lipinski definition) is 1. The van der Waals surface area contributed by atoms with Gasteiger partial charge in [-0.05, 0) is 17.7 Å². The van der Waals surface area contributed by atoms with E-state index in [0.29, 0.717) is 12.3 Å². The summed E-state index contributed by atoms with van der Waals surface area (Å²) in [4.78, 5) is 2.35. The standard InChI is InChI=1S/C10H12N2O/c11-8-3-1-7(2-4-8)9-10-12(9)5-6-13-10/h1-4,9-10H,5-6,11H2. The summed E-state index contributed by atoms with van der Waals surface area (Å²) >= 11 is 0. The third-order valence-electron chi connectivity index (χ3n) is 2.78. The van der Waals surface area contributed by atoms with Crippen LogP contribution in [-0.4, -0.2) is 24.3 Å². The molecule has 0 aromatic heterocycles. The molecule has 2 aliphatic rings. The van der Waals surface area contributed by atoms with E-state index in [1.54, 1.807) is 0 Å². The summed E-state index contributed by atoms with van der Waals surface area (Å²) in [7, 11) is 0. The number of fused-ring (bicyclic) bond motifs is 1. The first-order valence-corrected chi connectivity index (χ1v) is 4.59. The maximum atomic E-state index is 5.62. The van der Waals surface area contributed by atoms with Gasteiger partial charge in [0.25, 0.3) is 0 Å². The van der Waals surface area contributed by atoms with Crippen molar-refractivity contribution in [1.29, 1.82) is 0 Å². The Morgan fingerprint density at radius 2 is 2.08 bits per heavy atom. The van der Waals surface area contributed by atoms with Crippen LogP contribution < -0.4 is 5.73 Å². The lowest BCUT2D eigenvalue weighted by Gasteiger charge is -2.02. The fraction of sp³-hybridized carbons (Fsp3) is 0.400. The number of anilines is 1. The first kappa shape index (κ1) is 7.35. The van der Waals surface area contributed by atoms with Gasteiger partial charge in [0.15, 0.2) is 0 Å². The molecule has 0 spiro atoms. The average molecular weight is 176 g/mol. The summed E-state index contributed by atoms with van der Waals surface area (Å²) in [6, 6.07) is 8.56. The molecule has 0 aliphatic carbocycles. The van der Waals surface area contributed by atoms with Crippen LogP contribution in [0.5, 0.6) is 0 Å². The van der Waals surface area contributed by atoms with E-state index >= 15 is 0 Å². The molecule has 1 aromatic rings. The van der Waals surface area contributed by atoms with Crippen LogP contribution in [0.2, 0.25) is 0 Å². The molecule has 3 rings (SSSR count). The molecule has 3 heteroatoms. The molecule has 0 saturated carbocycles. The first-order chi connectivity index (χ1) is 6.36. The molecule has 68 valence electrons. The van der Waals surface area contributed by atoms with E-state index in [9.17, 15) is 0 Å². The zero-order chi connectivity index (χ0) is 8.84. The summed E-state index contributed by atoms with van der Waals surface area (Å²) in [6.45, 7) is 1.95. The zero-order valence-electron chi connectivity index (χ0n) is 7.31. The Balaban J connectivity index is 1.83. The van der Waals surface area contributed by atoms with Gasteiger partial charge in [-0.1, -0.05) is 12.1 Å². The smallest absolute Gasteiger partial charge is 0.131 e. The Labute approximate surface area is 77.1 Å². The molecule has 13 heavy (non-hydrogen) atoms. The van der Waals surface area contributed by atoms with Crippen LogP contribution in [0.3, 0.4) is 0 Å². The second-order valence-corrected chi connectivity index (χ2v) is 3.61. The van der Waals surface area contributed by atoms with Gasteiger partial charge in [0.05, 0.1) is 12.6 Å². The summed E-state index contributed by atoms with van der Waals surface area (Å²) in [5.41, 5.74) is 7.76. The molecular formula is C10H12N2O. The fourth-order valence-electron chi connectivity index (χ4n) is 2.03. The van der Waals surface area contributed by atoms with Gasteiger partial charge in [0.1, 0.15) is 6.23 Å². The van der Waals surface area contributed by atoms with Crippen molar-refractivity contribution < 1.29 is 4.74 Å². The van der Waals surface area contributed by atoms with Crippen LogP contribution in [0.4, 0.5) is 5.69 Å². The number of rotatable bonds is 1. The molecule has 2 N–H and O–H groups in total. The topological polar surface area (TPSA) is 38.3 Å². The molecular weight excluding hydrogens is 164 g/mol. The van der Waals surface area contributed by atoms with Gasteiger partial charge in [0.2, 0.25) is 0 Å². The monoisotopic (exact) mass is 176 g/mol. The molecule has 0 amide bonds. The Morgan fingerprint density at radius 3 is 2.69 bits per heavy atom. The summed E-state index contributed by atoms with van der Waals surface area (Å²) in [5.74, 6) is 0. The van der Waals surface area contributed by atoms with Crippen LogP contribution in [0, 0.1) is 0 Å². The minimum Gasteiger partial charge on any atom is -0.399 e. The van der Waals surface area contributed by atoms with Gasteiger partial charge < -0.3 is 10.5 Å². The molecule has 3 unspecified atom stereocenters. The third-order valence-corrected chi connectivity index (χ3v) is 2.78. The minimum atomic E-state index is 0.351. The van der Waals surface area contributed by atoms with Crippen LogP contribution in [0.15, 0.2) is 24.3 Å². The highest BCUT2D eigenvalue weighted by Crippen LogP contribution is 2.46. The number of ether oxygens (including phenoxy) is 1. The number of benzene rings is 1. The minimum absolute atomic E-state index is 0.351. The Bertz CT molecular complexity index is 312. The Hall–Kier alpha value is -1.06. The highest BCUT2D eigenvalue weighted by Gasteiger charge is 2.52. The number of nitrogen functional groups attached to an aromatic ring is 1. The van der Waals surface area contributed by atoms with E-state index in [4.69, 9.17) is 10.5 Å². The molecule has 0 bridgehead atoms. The van der Waals surface area contributed by atoms with Gasteiger partial charge in [-0.25, -0.2) is 0 Å². The van der Waals surface area contributed by atoms with Gasteiger partial charge in [-0.2, -0.15) is 0 Å². The lowest BCUT2D eigenvalue weighted by atomic mass is 10.1. The van der Waals surface area contributed by atoms with Gasteiger partial charge in [-0.15, -0.1) is 0 Å². The van der Waals surface area contributed by atoms with Crippen LogP contribution in [0.25, 0.3) is 0 Å². The molecule has 2 heterocycles. The third kappa shape index (κ3) is 1.04. The van der Waals surface area contributed by atoms with Crippen molar-refractivity contribution >= 4 is 5.69 Å². The van der Waals surface area contributed by atoms with Crippen LogP contribution >= 0.6 is 0 Å². The summed E-state index contributed by atoms with van der Waals surface area (Å²) < 4.78 is 5.52. The number of morpholine rings is 1. The molecule has 2 saturated heterocycles. The van der Waals surface area contributed by atoms with Crippen molar-refractivity contribution in [1.82, 2.24) is 4.90 Å². The fourth-order valence-corrected chi connectivity index (χ4v) is 2.03. The van der Waals surface area contributed by atoms with Crippen molar-refractivity contribution in [3.63, 3.8) is 0 Å². The lowest BCUT2D eigenvalue weighted by Crippen LogP contribution is -2.02. The summed E-state index contributed by atoms with van der Waals surface area (Å²) in [5, 5.41) is 0. The van der Waals surface area contributed by atoms with Crippen molar-refractivity contribution in [2.75, 3.05) is 18.9 Å². The second kappa shape index (κ2) is 2.47. The molecule has 2 fully saturated rings. The van der Waals surface area contributed by atoms with Crippen molar-refractivity contribution in [2.24, 2.45) is 0 Å². The van der Waals surface area contributed by atoms with Crippen LogP contribution in [0.1, 0.15) is 11.6 Å². The lowest BCUT2D eigenvalue weighted by molar-refractivity contribution is 0.150. The maximum Gasteiger partial charge on any atom is 0.131 e. The maximum absolute atomic E-state index is 5.62. The number of hydrogen-bond acceptors (Lipinski definition) is 3. The Morgan fingerprint density at radius 1 is 1.31 bits per heavy atom.